The first-order valence-electron chi connectivity index (χ1n) is 4.69. The molecule has 3 nitrogen and oxygen atoms in total. The van der Waals surface area contributed by atoms with Crippen molar-refractivity contribution in [2.75, 3.05) is 13.2 Å². The number of ether oxygens (including phenoxy) is 1. The van der Waals surface area contributed by atoms with Gasteiger partial charge in [0.1, 0.15) is 6.17 Å². The molecular formula is C9H18FNO2. The number of amides is 1. The third kappa shape index (κ3) is 4.83. The van der Waals surface area contributed by atoms with Gasteiger partial charge < -0.3 is 10.1 Å². The molecule has 1 aliphatic heterocycles. The lowest BCUT2D eigenvalue weighted by atomic mass is 10.1. The Morgan fingerprint density at radius 3 is 2.62 bits per heavy atom. The van der Waals surface area contributed by atoms with Gasteiger partial charge in [0.25, 0.3) is 0 Å². The Bertz CT molecular complexity index is 153. The zero-order chi connectivity index (χ0) is 10.3. The monoisotopic (exact) mass is 191 g/mol. The molecule has 0 saturated carbocycles. The van der Waals surface area contributed by atoms with Crippen molar-refractivity contribution < 1.29 is 13.9 Å². The van der Waals surface area contributed by atoms with Gasteiger partial charge in [0.15, 0.2) is 0 Å². The van der Waals surface area contributed by atoms with Gasteiger partial charge in [-0.3, -0.25) is 4.79 Å². The van der Waals surface area contributed by atoms with Crippen LogP contribution in [-0.4, -0.2) is 31.3 Å². The van der Waals surface area contributed by atoms with E-state index >= 15 is 0 Å². The molecule has 2 atom stereocenters. The zero-order valence-electron chi connectivity index (χ0n) is 8.47. The fraction of sp³-hybridized carbons (Fsp3) is 0.889. The van der Waals surface area contributed by atoms with Gasteiger partial charge in [-0.05, 0) is 6.42 Å². The number of carbonyl (C=O) groups is 1. The fourth-order valence-electron chi connectivity index (χ4n) is 1.13. The normalized spacial score (nSPS) is 27.1. The maximum absolute atomic E-state index is 12.9. The Kier molecular flexibility index (Phi) is 6.49. The fourth-order valence-corrected chi connectivity index (χ4v) is 1.13. The lowest BCUT2D eigenvalue weighted by Gasteiger charge is -2.26. The van der Waals surface area contributed by atoms with E-state index in [-0.39, 0.29) is 18.6 Å². The van der Waals surface area contributed by atoms with Crippen molar-refractivity contribution in [3.63, 3.8) is 0 Å². The summed E-state index contributed by atoms with van der Waals surface area (Å²) in [4.78, 5) is 10.5. The van der Waals surface area contributed by atoms with E-state index in [1.54, 1.807) is 0 Å². The molecule has 0 bridgehead atoms. The van der Waals surface area contributed by atoms with Crippen LogP contribution in [0.2, 0.25) is 0 Å². The summed E-state index contributed by atoms with van der Waals surface area (Å²) in [7, 11) is 0. The molecule has 78 valence electrons. The molecule has 2 unspecified atom stereocenters. The van der Waals surface area contributed by atoms with E-state index in [1.807, 2.05) is 13.8 Å². The van der Waals surface area contributed by atoms with Crippen molar-refractivity contribution in [3.8, 4) is 0 Å². The Morgan fingerprint density at radius 2 is 2.15 bits per heavy atom. The molecule has 1 aliphatic rings. The minimum atomic E-state index is -1.05. The van der Waals surface area contributed by atoms with Gasteiger partial charge in [-0.2, -0.15) is 0 Å². The SMILES string of the molecule is CC.CC(=O)NC1CCOCC1F. The molecule has 4 heteroatoms. The molecule has 0 aromatic heterocycles. The van der Waals surface area contributed by atoms with Gasteiger partial charge in [-0.15, -0.1) is 0 Å². The Morgan fingerprint density at radius 1 is 1.54 bits per heavy atom. The largest absolute Gasteiger partial charge is 0.378 e. The maximum Gasteiger partial charge on any atom is 0.217 e. The Hall–Kier alpha value is -0.640. The summed E-state index contributed by atoms with van der Waals surface area (Å²) in [5.74, 6) is -0.181. The van der Waals surface area contributed by atoms with Crippen molar-refractivity contribution in [3.05, 3.63) is 0 Å². The average molecular weight is 191 g/mol. The summed E-state index contributed by atoms with van der Waals surface area (Å²) in [6, 6.07) is -0.346. The summed E-state index contributed by atoms with van der Waals surface area (Å²) < 4.78 is 17.7. The average Bonchev–Trinajstić information content (AvgIpc) is 2.12. The molecule has 1 amide bonds. The zero-order valence-corrected chi connectivity index (χ0v) is 8.47. The van der Waals surface area contributed by atoms with Crippen molar-refractivity contribution in [1.29, 1.82) is 0 Å². The quantitative estimate of drug-likeness (QED) is 0.678. The van der Waals surface area contributed by atoms with Crippen molar-refractivity contribution >= 4 is 5.91 Å². The van der Waals surface area contributed by atoms with E-state index in [0.717, 1.165) is 0 Å². The van der Waals surface area contributed by atoms with Crippen LogP contribution < -0.4 is 5.32 Å². The minimum Gasteiger partial charge on any atom is -0.378 e. The van der Waals surface area contributed by atoms with Gasteiger partial charge in [0.2, 0.25) is 5.91 Å². The third-order valence-corrected chi connectivity index (χ3v) is 1.68. The molecule has 0 aliphatic carbocycles. The summed E-state index contributed by atoms with van der Waals surface area (Å²) in [5, 5.41) is 2.54. The lowest BCUT2D eigenvalue weighted by Crippen LogP contribution is -2.46. The van der Waals surface area contributed by atoms with Gasteiger partial charge >= 0.3 is 0 Å². The number of alkyl halides is 1. The molecule has 1 rings (SSSR count). The highest BCUT2D eigenvalue weighted by Crippen LogP contribution is 2.10. The first-order chi connectivity index (χ1) is 6.20. The number of rotatable bonds is 1. The summed E-state index contributed by atoms with van der Waals surface area (Å²) in [6.45, 7) is 6.03. The first kappa shape index (κ1) is 12.4. The first-order valence-corrected chi connectivity index (χ1v) is 4.69. The highest BCUT2D eigenvalue weighted by atomic mass is 19.1. The minimum absolute atomic E-state index is 0.102. The smallest absolute Gasteiger partial charge is 0.217 e. The molecule has 0 radical (unpaired) electrons. The molecule has 1 heterocycles. The van der Waals surface area contributed by atoms with Gasteiger partial charge in [0, 0.05) is 13.5 Å². The van der Waals surface area contributed by atoms with E-state index in [0.29, 0.717) is 13.0 Å². The van der Waals surface area contributed by atoms with Crippen LogP contribution in [0, 0.1) is 0 Å². The molecule has 1 saturated heterocycles. The van der Waals surface area contributed by atoms with Crippen LogP contribution in [0.4, 0.5) is 4.39 Å². The Balaban J connectivity index is 0.000000671. The van der Waals surface area contributed by atoms with Crippen LogP contribution in [0.15, 0.2) is 0 Å². The molecule has 1 fully saturated rings. The van der Waals surface area contributed by atoms with Gasteiger partial charge in [-0.1, -0.05) is 13.8 Å². The van der Waals surface area contributed by atoms with Crippen molar-refractivity contribution in [2.24, 2.45) is 0 Å². The predicted molar refractivity (Wildman–Crippen MR) is 49.3 cm³/mol. The molecule has 0 aromatic carbocycles. The number of nitrogens with one attached hydrogen (secondary N) is 1. The van der Waals surface area contributed by atoms with Crippen molar-refractivity contribution in [1.82, 2.24) is 5.32 Å². The van der Waals surface area contributed by atoms with Crippen LogP contribution >= 0.6 is 0 Å². The van der Waals surface area contributed by atoms with Crippen molar-refractivity contribution in [2.45, 2.75) is 39.4 Å². The topological polar surface area (TPSA) is 38.3 Å². The second kappa shape index (κ2) is 6.83. The van der Waals surface area contributed by atoms with E-state index in [2.05, 4.69) is 5.32 Å². The third-order valence-electron chi connectivity index (χ3n) is 1.68. The predicted octanol–water partition coefficient (Wildman–Crippen LogP) is 1.28. The second-order valence-electron chi connectivity index (χ2n) is 2.69. The van der Waals surface area contributed by atoms with Crippen LogP contribution in [0.1, 0.15) is 27.2 Å². The van der Waals surface area contributed by atoms with Crippen LogP contribution in [0.25, 0.3) is 0 Å². The summed E-state index contributed by atoms with van der Waals surface area (Å²) in [6.07, 6.45) is -0.478. The van der Waals surface area contributed by atoms with E-state index < -0.39 is 6.17 Å². The standard InChI is InChI=1S/C7H12FNO2.C2H6/c1-5(10)9-7-2-3-11-4-6(7)8;1-2/h6-7H,2-4H2,1H3,(H,9,10);1-2H3. The number of hydrogen-bond donors (Lipinski definition) is 1. The van der Waals surface area contributed by atoms with E-state index in [9.17, 15) is 9.18 Å². The second-order valence-corrected chi connectivity index (χ2v) is 2.69. The van der Waals surface area contributed by atoms with E-state index in [4.69, 9.17) is 4.74 Å². The summed E-state index contributed by atoms with van der Waals surface area (Å²) in [5.41, 5.74) is 0. The molecule has 0 spiro atoms. The molecule has 0 aromatic rings. The molecule has 13 heavy (non-hydrogen) atoms. The van der Waals surface area contributed by atoms with Gasteiger partial charge in [0.05, 0.1) is 12.6 Å². The van der Waals surface area contributed by atoms with Crippen LogP contribution in [0.5, 0.6) is 0 Å². The lowest BCUT2D eigenvalue weighted by molar-refractivity contribution is -0.121. The highest BCUT2D eigenvalue weighted by molar-refractivity contribution is 5.73. The van der Waals surface area contributed by atoms with Crippen LogP contribution in [-0.2, 0) is 9.53 Å². The molecular weight excluding hydrogens is 173 g/mol. The van der Waals surface area contributed by atoms with E-state index in [1.165, 1.54) is 6.92 Å². The summed E-state index contributed by atoms with van der Waals surface area (Å²) >= 11 is 0. The highest BCUT2D eigenvalue weighted by Gasteiger charge is 2.25. The number of hydrogen-bond acceptors (Lipinski definition) is 2. The Labute approximate surface area is 78.6 Å². The van der Waals surface area contributed by atoms with Crippen LogP contribution in [0.3, 0.4) is 0 Å². The number of carbonyl (C=O) groups excluding carboxylic acids is 1. The number of halogens is 1. The van der Waals surface area contributed by atoms with Gasteiger partial charge in [-0.25, -0.2) is 4.39 Å². The molecule has 1 N–H and O–H groups in total. The maximum atomic E-state index is 12.9.